The zero-order valence-electron chi connectivity index (χ0n) is 9.31. The standard InChI is InChI=1S/C12H10O5/c1-6-8-3-7(5-13)9(16-2)4-10(8)17-11(6)12(14)15/h3-5H,1-2H3,(H,14,15). The second kappa shape index (κ2) is 3.93. The van der Waals surface area contributed by atoms with Crippen LogP contribution < -0.4 is 4.74 Å². The average Bonchev–Trinajstić information content (AvgIpc) is 2.64. The molecule has 0 saturated heterocycles. The zero-order valence-corrected chi connectivity index (χ0v) is 9.31. The minimum atomic E-state index is -1.13. The highest BCUT2D eigenvalue weighted by molar-refractivity contribution is 5.98. The van der Waals surface area contributed by atoms with E-state index in [0.29, 0.717) is 34.1 Å². The third-order valence-electron chi connectivity index (χ3n) is 2.61. The molecule has 1 heterocycles. The Kier molecular flexibility index (Phi) is 2.59. The maximum Gasteiger partial charge on any atom is 0.372 e. The molecule has 88 valence electrons. The molecule has 5 heteroatoms. The first-order chi connectivity index (χ1) is 8.08. The van der Waals surface area contributed by atoms with Crippen LogP contribution in [-0.4, -0.2) is 24.5 Å². The van der Waals surface area contributed by atoms with Gasteiger partial charge in [-0.05, 0) is 13.0 Å². The molecule has 2 rings (SSSR count). The number of carbonyl (C=O) groups excluding carboxylic acids is 1. The summed E-state index contributed by atoms with van der Waals surface area (Å²) in [7, 11) is 1.43. The van der Waals surface area contributed by atoms with E-state index >= 15 is 0 Å². The molecule has 2 aromatic rings. The monoisotopic (exact) mass is 234 g/mol. The Hall–Kier alpha value is -2.30. The van der Waals surface area contributed by atoms with Gasteiger partial charge in [-0.2, -0.15) is 0 Å². The fraction of sp³-hybridized carbons (Fsp3) is 0.167. The molecule has 1 N–H and O–H groups in total. The minimum Gasteiger partial charge on any atom is -0.496 e. The first kappa shape index (κ1) is 11.2. The van der Waals surface area contributed by atoms with E-state index in [1.807, 2.05) is 0 Å². The first-order valence-corrected chi connectivity index (χ1v) is 4.88. The van der Waals surface area contributed by atoms with Crippen LogP contribution in [0.3, 0.4) is 0 Å². The smallest absolute Gasteiger partial charge is 0.372 e. The summed E-state index contributed by atoms with van der Waals surface area (Å²) < 4.78 is 10.2. The van der Waals surface area contributed by atoms with Crippen molar-refractivity contribution in [1.82, 2.24) is 0 Å². The SMILES string of the molecule is COc1cc2oc(C(=O)O)c(C)c2cc1C=O. The van der Waals surface area contributed by atoms with Crippen molar-refractivity contribution in [3.05, 3.63) is 29.0 Å². The lowest BCUT2D eigenvalue weighted by Gasteiger charge is -2.02. The highest BCUT2D eigenvalue weighted by Crippen LogP contribution is 2.30. The van der Waals surface area contributed by atoms with Gasteiger partial charge in [-0.3, -0.25) is 4.79 Å². The Morgan fingerprint density at radius 1 is 1.47 bits per heavy atom. The van der Waals surface area contributed by atoms with Crippen LogP contribution in [0.5, 0.6) is 5.75 Å². The summed E-state index contributed by atoms with van der Waals surface area (Å²) in [6.07, 6.45) is 0.658. The molecule has 0 aliphatic carbocycles. The Balaban J connectivity index is 2.79. The summed E-state index contributed by atoms with van der Waals surface area (Å²) in [4.78, 5) is 21.8. The van der Waals surface area contributed by atoms with Crippen molar-refractivity contribution in [2.24, 2.45) is 0 Å². The second-order valence-electron chi connectivity index (χ2n) is 3.57. The van der Waals surface area contributed by atoms with Crippen LogP contribution in [0.2, 0.25) is 0 Å². The Bertz CT molecular complexity index is 609. The highest BCUT2D eigenvalue weighted by Gasteiger charge is 2.18. The molecule has 0 bridgehead atoms. The number of hydrogen-bond acceptors (Lipinski definition) is 4. The molecule has 1 aromatic carbocycles. The average molecular weight is 234 g/mol. The van der Waals surface area contributed by atoms with Gasteiger partial charge in [0.15, 0.2) is 6.29 Å². The molecular weight excluding hydrogens is 224 g/mol. The Labute approximate surface area is 96.6 Å². The van der Waals surface area contributed by atoms with Crippen molar-refractivity contribution in [3.8, 4) is 5.75 Å². The number of carboxylic acid groups (broad SMARTS) is 1. The van der Waals surface area contributed by atoms with E-state index in [9.17, 15) is 9.59 Å². The number of methoxy groups -OCH3 is 1. The summed E-state index contributed by atoms with van der Waals surface area (Å²) in [5.74, 6) is -0.895. The summed E-state index contributed by atoms with van der Waals surface area (Å²) in [5.41, 5.74) is 1.25. The topological polar surface area (TPSA) is 76.7 Å². The molecule has 0 atom stereocenters. The van der Waals surface area contributed by atoms with Crippen molar-refractivity contribution in [1.29, 1.82) is 0 Å². The van der Waals surface area contributed by atoms with Gasteiger partial charge in [-0.15, -0.1) is 0 Å². The van der Waals surface area contributed by atoms with Crippen LogP contribution in [0.4, 0.5) is 0 Å². The van der Waals surface area contributed by atoms with Gasteiger partial charge in [0.1, 0.15) is 11.3 Å². The number of furan rings is 1. The second-order valence-corrected chi connectivity index (χ2v) is 3.57. The zero-order chi connectivity index (χ0) is 12.6. The van der Waals surface area contributed by atoms with Crippen molar-refractivity contribution in [2.45, 2.75) is 6.92 Å². The van der Waals surface area contributed by atoms with E-state index in [4.69, 9.17) is 14.3 Å². The molecule has 0 amide bonds. The predicted molar refractivity (Wildman–Crippen MR) is 59.8 cm³/mol. The molecule has 5 nitrogen and oxygen atoms in total. The third kappa shape index (κ3) is 1.65. The molecular formula is C12H10O5. The van der Waals surface area contributed by atoms with E-state index < -0.39 is 5.97 Å². The van der Waals surface area contributed by atoms with E-state index in [1.165, 1.54) is 13.2 Å². The maximum atomic E-state index is 10.9. The van der Waals surface area contributed by atoms with Gasteiger partial charge >= 0.3 is 5.97 Å². The maximum absolute atomic E-state index is 10.9. The van der Waals surface area contributed by atoms with Gasteiger partial charge in [0.25, 0.3) is 0 Å². The van der Waals surface area contributed by atoms with Crippen LogP contribution in [0.1, 0.15) is 26.5 Å². The van der Waals surface area contributed by atoms with E-state index in [2.05, 4.69) is 0 Å². The lowest BCUT2D eigenvalue weighted by molar-refractivity contribution is 0.0663. The van der Waals surface area contributed by atoms with Crippen LogP contribution in [0.15, 0.2) is 16.5 Å². The quantitative estimate of drug-likeness (QED) is 0.824. The number of fused-ring (bicyclic) bond motifs is 1. The van der Waals surface area contributed by atoms with Gasteiger partial charge in [-0.25, -0.2) is 4.79 Å². The van der Waals surface area contributed by atoms with E-state index in [-0.39, 0.29) is 5.76 Å². The lowest BCUT2D eigenvalue weighted by Crippen LogP contribution is -1.95. The summed E-state index contributed by atoms with van der Waals surface area (Å²) in [6, 6.07) is 3.07. The van der Waals surface area contributed by atoms with Crippen molar-refractivity contribution < 1.29 is 23.8 Å². The summed E-state index contributed by atoms with van der Waals surface area (Å²) in [6.45, 7) is 1.64. The molecule has 0 radical (unpaired) electrons. The Morgan fingerprint density at radius 2 is 2.18 bits per heavy atom. The minimum absolute atomic E-state index is 0.120. The van der Waals surface area contributed by atoms with Crippen LogP contribution >= 0.6 is 0 Å². The first-order valence-electron chi connectivity index (χ1n) is 4.88. The molecule has 0 aliphatic heterocycles. The fourth-order valence-electron chi connectivity index (χ4n) is 1.74. The van der Waals surface area contributed by atoms with Gasteiger partial charge < -0.3 is 14.3 Å². The normalized spacial score (nSPS) is 10.5. The molecule has 1 aromatic heterocycles. The van der Waals surface area contributed by atoms with Gasteiger partial charge in [0.05, 0.1) is 12.7 Å². The number of hydrogen-bond donors (Lipinski definition) is 1. The highest BCUT2D eigenvalue weighted by atomic mass is 16.5. The van der Waals surface area contributed by atoms with Crippen LogP contribution in [-0.2, 0) is 0 Å². The largest absolute Gasteiger partial charge is 0.496 e. The number of benzene rings is 1. The number of carboxylic acids is 1. The molecule has 0 saturated carbocycles. The van der Waals surface area contributed by atoms with Gasteiger partial charge in [-0.1, -0.05) is 0 Å². The molecule has 0 spiro atoms. The number of aromatic carboxylic acids is 1. The van der Waals surface area contributed by atoms with Gasteiger partial charge in [0, 0.05) is 17.0 Å². The van der Waals surface area contributed by atoms with Crippen molar-refractivity contribution in [3.63, 3.8) is 0 Å². The third-order valence-corrected chi connectivity index (χ3v) is 2.61. The van der Waals surface area contributed by atoms with Crippen molar-refractivity contribution >= 4 is 23.2 Å². The molecule has 0 fully saturated rings. The molecule has 0 aliphatic rings. The number of rotatable bonds is 3. The van der Waals surface area contributed by atoms with Gasteiger partial charge in [0.2, 0.25) is 5.76 Å². The molecule has 0 unspecified atom stereocenters. The number of aldehydes is 1. The number of carbonyl (C=O) groups is 2. The van der Waals surface area contributed by atoms with Crippen LogP contribution in [0.25, 0.3) is 11.0 Å². The fourth-order valence-corrected chi connectivity index (χ4v) is 1.74. The number of aryl methyl sites for hydroxylation is 1. The lowest BCUT2D eigenvalue weighted by atomic mass is 10.1. The van der Waals surface area contributed by atoms with E-state index in [0.717, 1.165) is 0 Å². The van der Waals surface area contributed by atoms with Crippen molar-refractivity contribution in [2.75, 3.05) is 7.11 Å². The summed E-state index contributed by atoms with van der Waals surface area (Å²) in [5, 5.41) is 9.53. The Morgan fingerprint density at radius 3 is 2.71 bits per heavy atom. The number of ether oxygens (including phenoxy) is 1. The summed E-state index contributed by atoms with van der Waals surface area (Å²) >= 11 is 0. The van der Waals surface area contributed by atoms with Crippen LogP contribution in [0, 0.1) is 6.92 Å². The predicted octanol–water partition coefficient (Wildman–Crippen LogP) is 2.26. The molecule has 17 heavy (non-hydrogen) atoms. The van der Waals surface area contributed by atoms with E-state index in [1.54, 1.807) is 13.0 Å².